The summed E-state index contributed by atoms with van der Waals surface area (Å²) in [5.74, 6) is 0. The maximum absolute atomic E-state index is 2.41. The molecule has 7 aromatic carbocycles. The van der Waals surface area contributed by atoms with Crippen LogP contribution in [0.25, 0.3) is 60.9 Å². The molecule has 0 fully saturated rings. The molecule has 0 atom stereocenters. The van der Waals surface area contributed by atoms with Gasteiger partial charge in [0.1, 0.15) is 0 Å². The van der Waals surface area contributed by atoms with Crippen LogP contribution in [0.2, 0.25) is 0 Å². The molecule has 1 aliphatic rings. The summed E-state index contributed by atoms with van der Waals surface area (Å²) in [4.78, 5) is 2.41. The van der Waals surface area contributed by atoms with E-state index in [9.17, 15) is 0 Å². The first kappa shape index (κ1) is 32.5. The van der Waals surface area contributed by atoms with Gasteiger partial charge < -0.3 is 9.47 Å². The third-order valence-electron chi connectivity index (χ3n) is 11.1. The van der Waals surface area contributed by atoms with Crippen LogP contribution in [0, 0.1) is 0 Å². The van der Waals surface area contributed by atoms with Crippen LogP contribution in [0.5, 0.6) is 0 Å². The lowest BCUT2D eigenvalue weighted by molar-refractivity contribution is 0.660. The van der Waals surface area contributed by atoms with Crippen LogP contribution in [0.3, 0.4) is 0 Å². The van der Waals surface area contributed by atoms with Gasteiger partial charge in [-0.25, -0.2) is 0 Å². The lowest BCUT2D eigenvalue weighted by Crippen LogP contribution is -2.16. The number of allylic oxidation sites excluding steroid dienone is 4. The van der Waals surface area contributed by atoms with Gasteiger partial charge >= 0.3 is 0 Å². The van der Waals surface area contributed by atoms with Crippen LogP contribution in [0.1, 0.15) is 38.8 Å². The first-order valence-electron chi connectivity index (χ1n) is 18.6. The maximum Gasteiger partial charge on any atom is 0.0541 e. The molecule has 0 saturated heterocycles. The Kier molecular flexibility index (Phi) is 7.97. The topological polar surface area (TPSA) is 8.17 Å². The van der Waals surface area contributed by atoms with Crippen molar-refractivity contribution in [3.05, 3.63) is 193 Å². The largest absolute Gasteiger partial charge is 0.310 e. The predicted molar refractivity (Wildman–Crippen MR) is 227 cm³/mol. The van der Waals surface area contributed by atoms with Crippen LogP contribution in [-0.4, -0.2) is 4.57 Å². The molecule has 0 amide bonds. The number of hydrogen-bond acceptors (Lipinski definition) is 1. The van der Waals surface area contributed by atoms with E-state index >= 15 is 0 Å². The zero-order chi connectivity index (χ0) is 36.1. The van der Waals surface area contributed by atoms with Crippen molar-refractivity contribution in [2.75, 3.05) is 4.90 Å². The number of anilines is 3. The molecule has 0 saturated carbocycles. The van der Waals surface area contributed by atoms with Crippen molar-refractivity contribution in [2.45, 2.75) is 33.1 Å². The predicted octanol–water partition coefficient (Wildman–Crippen LogP) is 14.3. The Morgan fingerprint density at radius 2 is 1.11 bits per heavy atom. The van der Waals surface area contributed by atoms with E-state index in [-0.39, 0.29) is 5.41 Å². The highest BCUT2D eigenvalue weighted by molar-refractivity contribution is 6.11. The van der Waals surface area contributed by atoms with E-state index in [1.807, 2.05) is 0 Å². The van der Waals surface area contributed by atoms with Crippen molar-refractivity contribution in [3.8, 4) is 33.4 Å². The van der Waals surface area contributed by atoms with E-state index in [0.717, 1.165) is 17.1 Å². The minimum absolute atomic E-state index is 0.0916. The highest BCUT2D eigenvalue weighted by Crippen LogP contribution is 2.50. The Hall–Kier alpha value is -6.38. The summed E-state index contributed by atoms with van der Waals surface area (Å²) in [6.07, 6.45) is 6.47. The van der Waals surface area contributed by atoms with Crippen LogP contribution in [0.15, 0.2) is 182 Å². The summed E-state index contributed by atoms with van der Waals surface area (Å²) < 4.78 is 2.37. The second-order valence-electron chi connectivity index (χ2n) is 14.5. The molecule has 0 spiro atoms. The van der Waals surface area contributed by atoms with Crippen LogP contribution >= 0.6 is 0 Å². The Morgan fingerprint density at radius 1 is 0.491 bits per heavy atom. The first-order valence-corrected chi connectivity index (χ1v) is 18.6. The molecule has 53 heavy (non-hydrogen) atoms. The number of hydrogen-bond donors (Lipinski definition) is 0. The summed E-state index contributed by atoms with van der Waals surface area (Å²) in [7, 11) is 0. The fraction of sp³-hybridized carbons (Fsp3) is 0.0980. The Labute approximate surface area is 312 Å². The number of fused-ring (bicyclic) bond motifs is 6. The third kappa shape index (κ3) is 5.41. The fourth-order valence-corrected chi connectivity index (χ4v) is 8.44. The second-order valence-corrected chi connectivity index (χ2v) is 14.5. The van der Waals surface area contributed by atoms with E-state index < -0.39 is 0 Å². The number of para-hydroxylation sites is 1. The molecule has 0 unspecified atom stereocenters. The molecule has 0 bridgehead atoms. The number of nitrogens with zero attached hydrogens (tertiary/aromatic N) is 2. The molecule has 2 heteroatoms. The van der Waals surface area contributed by atoms with Gasteiger partial charge in [0.05, 0.1) is 11.0 Å². The smallest absolute Gasteiger partial charge is 0.0541 e. The van der Waals surface area contributed by atoms with E-state index in [4.69, 9.17) is 0 Å². The lowest BCUT2D eigenvalue weighted by atomic mass is 9.82. The molecule has 9 rings (SSSR count). The molecular weight excluding hydrogens is 641 g/mol. The minimum Gasteiger partial charge on any atom is -0.310 e. The van der Waals surface area contributed by atoms with Gasteiger partial charge in [-0.3, -0.25) is 0 Å². The van der Waals surface area contributed by atoms with E-state index in [2.05, 4.69) is 219 Å². The quantitative estimate of drug-likeness (QED) is 0.152. The summed E-state index contributed by atoms with van der Waals surface area (Å²) in [6, 6.07) is 60.2. The van der Waals surface area contributed by atoms with Crippen LogP contribution < -0.4 is 4.90 Å². The summed E-state index contributed by atoms with van der Waals surface area (Å²) >= 11 is 0. The molecular formula is C51H42N2. The summed E-state index contributed by atoms with van der Waals surface area (Å²) in [6.45, 7) is 8.88. The molecule has 8 aromatic rings. The van der Waals surface area contributed by atoms with Crippen LogP contribution in [-0.2, 0) is 5.41 Å². The Balaban J connectivity index is 1.16. The third-order valence-corrected chi connectivity index (χ3v) is 11.1. The maximum atomic E-state index is 2.41. The molecule has 256 valence electrons. The lowest BCUT2D eigenvalue weighted by Gasteiger charge is -2.28. The van der Waals surface area contributed by atoms with Gasteiger partial charge in [-0.15, -0.1) is 0 Å². The zero-order valence-corrected chi connectivity index (χ0v) is 30.7. The fourth-order valence-electron chi connectivity index (χ4n) is 8.44. The first-order chi connectivity index (χ1) is 26.0. The molecule has 1 aliphatic carbocycles. The molecule has 0 aliphatic heterocycles. The Morgan fingerprint density at radius 3 is 1.92 bits per heavy atom. The normalized spacial score (nSPS) is 13.5. The summed E-state index contributed by atoms with van der Waals surface area (Å²) in [5, 5.41) is 2.52. The van der Waals surface area contributed by atoms with Gasteiger partial charge in [-0.2, -0.15) is 0 Å². The zero-order valence-electron chi connectivity index (χ0n) is 30.7. The highest BCUT2D eigenvalue weighted by Gasteiger charge is 2.35. The molecule has 0 radical (unpaired) electrons. The van der Waals surface area contributed by atoms with E-state index in [1.54, 1.807) is 0 Å². The van der Waals surface area contributed by atoms with Gasteiger partial charge in [0.25, 0.3) is 0 Å². The van der Waals surface area contributed by atoms with E-state index in [0.29, 0.717) is 0 Å². The minimum atomic E-state index is -0.0916. The number of benzene rings is 7. The van der Waals surface area contributed by atoms with Crippen molar-refractivity contribution >= 4 is 44.6 Å². The molecule has 2 nitrogen and oxygen atoms in total. The average molecular weight is 683 g/mol. The number of aromatic nitrogens is 1. The molecule has 0 N–H and O–H groups in total. The highest BCUT2D eigenvalue weighted by atomic mass is 15.1. The SMILES string of the molecule is C/C=C\C(=C/C)n1c2ccccc2c2cc(-c3ccc(N(c4cccc(-c5ccccc5)c4)c4ccc5c(c4)C(C)(C)c4ccccc4-5)cc3)ccc21. The van der Waals surface area contributed by atoms with E-state index in [1.165, 1.54) is 72.0 Å². The van der Waals surface area contributed by atoms with Crippen molar-refractivity contribution in [1.29, 1.82) is 0 Å². The second kappa shape index (κ2) is 13.0. The summed E-state index contributed by atoms with van der Waals surface area (Å²) in [5.41, 5.74) is 17.1. The van der Waals surface area contributed by atoms with Gasteiger partial charge in [-0.1, -0.05) is 135 Å². The average Bonchev–Trinajstić information content (AvgIpc) is 3.65. The Bertz CT molecular complexity index is 2710. The van der Waals surface area contributed by atoms with Crippen molar-refractivity contribution < 1.29 is 0 Å². The van der Waals surface area contributed by atoms with Crippen molar-refractivity contribution in [3.63, 3.8) is 0 Å². The van der Waals surface area contributed by atoms with Gasteiger partial charge in [0.15, 0.2) is 0 Å². The van der Waals surface area contributed by atoms with Gasteiger partial charge in [0.2, 0.25) is 0 Å². The number of rotatable bonds is 7. The van der Waals surface area contributed by atoms with Crippen molar-refractivity contribution in [1.82, 2.24) is 4.57 Å². The molecule has 1 heterocycles. The standard InChI is InChI=1S/C51H42N2/c1-5-15-39(6-2)53-49-23-13-11-21-45(49)46-33-38(26-31-50(46)53)36-24-27-40(28-25-36)52(41-19-14-18-37(32-41)35-16-8-7-9-17-35)42-29-30-44-43-20-10-12-22-47(43)51(3,4)48(44)34-42/h5-34H,1-4H3/b15-5-,39-6+. The van der Waals surface area contributed by atoms with Crippen LogP contribution in [0.4, 0.5) is 17.1 Å². The van der Waals surface area contributed by atoms with Gasteiger partial charge in [-0.05, 0) is 119 Å². The monoisotopic (exact) mass is 682 g/mol. The molecule has 1 aromatic heterocycles. The van der Waals surface area contributed by atoms with Gasteiger partial charge in [0, 0.05) is 38.9 Å². The van der Waals surface area contributed by atoms with Crippen molar-refractivity contribution in [2.24, 2.45) is 0 Å².